The van der Waals surface area contributed by atoms with Crippen molar-refractivity contribution in [3.05, 3.63) is 29.6 Å². The van der Waals surface area contributed by atoms with Gasteiger partial charge in [-0.25, -0.2) is 0 Å². The maximum absolute atomic E-state index is 5.25. The number of benzene rings is 1. The number of hydrogen-bond acceptors (Lipinski definition) is 5. The average molecular weight is 261 g/mol. The van der Waals surface area contributed by atoms with Crippen LogP contribution in [0, 0.1) is 6.92 Å². The second-order valence-electron chi connectivity index (χ2n) is 4.70. The van der Waals surface area contributed by atoms with Crippen LogP contribution < -0.4 is 10.1 Å². The molecule has 1 heterocycles. The monoisotopic (exact) mass is 261 g/mol. The third-order valence-corrected chi connectivity index (χ3v) is 2.83. The van der Waals surface area contributed by atoms with Gasteiger partial charge in [-0.1, -0.05) is 13.8 Å². The maximum atomic E-state index is 5.25. The van der Waals surface area contributed by atoms with Crippen molar-refractivity contribution in [1.29, 1.82) is 0 Å². The molecule has 6 heteroatoms. The Bertz CT molecular complexity index is 550. The topological polar surface area (TPSA) is 64.9 Å². The van der Waals surface area contributed by atoms with Gasteiger partial charge in [0.1, 0.15) is 5.75 Å². The zero-order chi connectivity index (χ0) is 13.8. The van der Waals surface area contributed by atoms with E-state index in [9.17, 15) is 0 Å². The Morgan fingerprint density at radius 2 is 2.16 bits per heavy atom. The fourth-order valence-electron chi connectivity index (χ4n) is 1.81. The molecule has 0 bridgehead atoms. The normalized spacial score (nSPS) is 11.0. The van der Waals surface area contributed by atoms with E-state index in [2.05, 4.69) is 34.7 Å². The van der Waals surface area contributed by atoms with Gasteiger partial charge in [-0.2, -0.15) is 4.68 Å². The van der Waals surface area contributed by atoms with E-state index in [0.29, 0.717) is 12.6 Å². The fourth-order valence-corrected chi connectivity index (χ4v) is 1.81. The van der Waals surface area contributed by atoms with Crippen LogP contribution in [0.1, 0.15) is 25.2 Å². The molecule has 2 rings (SSSR count). The number of ether oxygens (including phenoxy) is 1. The highest BCUT2D eigenvalue weighted by Crippen LogP contribution is 2.20. The summed E-state index contributed by atoms with van der Waals surface area (Å²) in [4.78, 5) is 0. The molecule has 0 radical (unpaired) electrons. The van der Waals surface area contributed by atoms with E-state index in [1.165, 1.54) is 0 Å². The molecular formula is C13H19N5O. The molecule has 1 aromatic carbocycles. The Balaban J connectivity index is 2.27. The zero-order valence-electron chi connectivity index (χ0n) is 11.7. The highest BCUT2D eigenvalue weighted by molar-refractivity contribution is 5.43. The maximum Gasteiger partial charge on any atom is 0.170 e. The number of aromatic nitrogens is 4. The lowest BCUT2D eigenvalue weighted by atomic mass is 10.2. The van der Waals surface area contributed by atoms with Crippen LogP contribution in [0.25, 0.3) is 5.69 Å². The molecule has 0 atom stereocenters. The molecule has 6 nitrogen and oxygen atoms in total. The summed E-state index contributed by atoms with van der Waals surface area (Å²) < 4.78 is 6.99. The predicted octanol–water partition coefficient (Wildman–Crippen LogP) is 1.48. The summed E-state index contributed by atoms with van der Waals surface area (Å²) in [5.74, 6) is 1.65. The first kappa shape index (κ1) is 13.5. The van der Waals surface area contributed by atoms with Crippen molar-refractivity contribution in [3.8, 4) is 11.4 Å². The highest BCUT2D eigenvalue weighted by atomic mass is 16.5. The second-order valence-corrected chi connectivity index (χ2v) is 4.70. The molecule has 19 heavy (non-hydrogen) atoms. The molecule has 2 aromatic rings. The number of nitrogens with one attached hydrogen (secondary N) is 1. The molecule has 0 fully saturated rings. The van der Waals surface area contributed by atoms with Crippen LogP contribution in [-0.2, 0) is 6.54 Å². The van der Waals surface area contributed by atoms with Gasteiger partial charge in [-0.05, 0) is 41.1 Å². The minimum atomic E-state index is 0.391. The molecule has 0 aliphatic heterocycles. The van der Waals surface area contributed by atoms with Gasteiger partial charge in [0.25, 0.3) is 0 Å². The van der Waals surface area contributed by atoms with Crippen molar-refractivity contribution in [2.75, 3.05) is 7.11 Å². The first-order valence-corrected chi connectivity index (χ1v) is 6.27. The number of aryl methyl sites for hydroxylation is 1. The van der Waals surface area contributed by atoms with Crippen LogP contribution in [0.2, 0.25) is 0 Å². The standard InChI is InChI=1S/C13H19N5O/c1-9(2)14-8-13-15-16-17-18(13)11-5-6-12(19-4)10(3)7-11/h5-7,9,14H,8H2,1-4H3. The van der Waals surface area contributed by atoms with Crippen LogP contribution >= 0.6 is 0 Å². The van der Waals surface area contributed by atoms with Gasteiger partial charge in [0.05, 0.1) is 19.3 Å². The predicted molar refractivity (Wildman–Crippen MR) is 72.4 cm³/mol. The summed E-state index contributed by atoms with van der Waals surface area (Å²) in [6.07, 6.45) is 0. The molecule has 1 N–H and O–H groups in total. The second kappa shape index (κ2) is 5.79. The van der Waals surface area contributed by atoms with Crippen molar-refractivity contribution in [2.45, 2.75) is 33.4 Å². The zero-order valence-corrected chi connectivity index (χ0v) is 11.7. The average Bonchev–Trinajstić information content (AvgIpc) is 2.84. The lowest BCUT2D eigenvalue weighted by Crippen LogP contribution is -2.24. The van der Waals surface area contributed by atoms with Crippen molar-refractivity contribution in [2.24, 2.45) is 0 Å². The van der Waals surface area contributed by atoms with Crippen LogP contribution in [0.4, 0.5) is 0 Å². The molecule has 0 amide bonds. The number of nitrogens with zero attached hydrogens (tertiary/aromatic N) is 4. The van der Waals surface area contributed by atoms with E-state index in [-0.39, 0.29) is 0 Å². The van der Waals surface area contributed by atoms with E-state index in [1.54, 1.807) is 11.8 Å². The number of rotatable bonds is 5. The lowest BCUT2D eigenvalue weighted by Gasteiger charge is -2.10. The van der Waals surface area contributed by atoms with E-state index in [4.69, 9.17) is 4.74 Å². The van der Waals surface area contributed by atoms with Gasteiger partial charge in [-0.15, -0.1) is 5.10 Å². The molecule has 0 saturated heterocycles. The third-order valence-electron chi connectivity index (χ3n) is 2.83. The number of methoxy groups -OCH3 is 1. The minimum Gasteiger partial charge on any atom is -0.496 e. The summed E-state index contributed by atoms with van der Waals surface area (Å²) in [5, 5.41) is 15.1. The highest BCUT2D eigenvalue weighted by Gasteiger charge is 2.10. The molecule has 0 aliphatic rings. The van der Waals surface area contributed by atoms with Gasteiger partial charge >= 0.3 is 0 Å². The van der Waals surface area contributed by atoms with Crippen LogP contribution in [-0.4, -0.2) is 33.4 Å². The SMILES string of the molecule is COc1ccc(-n2nnnc2CNC(C)C)cc1C. The van der Waals surface area contributed by atoms with Gasteiger partial charge in [0.15, 0.2) is 5.82 Å². The first-order valence-electron chi connectivity index (χ1n) is 6.27. The Morgan fingerprint density at radius 1 is 1.37 bits per heavy atom. The quantitative estimate of drug-likeness (QED) is 0.883. The minimum absolute atomic E-state index is 0.391. The summed E-state index contributed by atoms with van der Waals surface area (Å²) in [6.45, 7) is 6.81. The summed E-state index contributed by atoms with van der Waals surface area (Å²) in [5.41, 5.74) is 1.99. The summed E-state index contributed by atoms with van der Waals surface area (Å²) in [7, 11) is 1.66. The largest absolute Gasteiger partial charge is 0.496 e. The lowest BCUT2D eigenvalue weighted by molar-refractivity contribution is 0.411. The Kier molecular flexibility index (Phi) is 4.11. The van der Waals surface area contributed by atoms with Gasteiger partial charge in [0, 0.05) is 6.04 Å². The Morgan fingerprint density at radius 3 is 2.79 bits per heavy atom. The van der Waals surface area contributed by atoms with Gasteiger partial charge < -0.3 is 10.1 Å². The van der Waals surface area contributed by atoms with E-state index in [1.807, 2.05) is 25.1 Å². The van der Waals surface area contributed by atoms with Crippen LogP contribution in [0.15, 0.2) is 18.2 Å². The van der Waals surface area contributed by atoms with Crippen LogP contribution in [0.5, 0.6) is 5.75 Å². The number of tetrazole rings is 1. The number of hydrogen-bond donors (Lipinski definition) is 1. The van der Waals surface area contributed by atoms with Crippen molar-refractivity contribution in [3.63, 3.8) is 0 Å². The fraction of sp³-hybridized carbons (Fsp3) is 0.462. The first-order chi connectivity index (χ1) is 9.11. The van der Waals surface area contributed by atoms with Gasteiger partial charge in [-0.3, -0.25) is 0 Å². The molecular weight excluding hydrogens is 242 g/mol. The van der Waals surface area contributed by atoms with Crippen molar-refractivity contribution < 1.29 is 4.74 Å². The van der Waals surface area contributed by atoms with E-state index >= 15 is 0 Å². The molecule has 0 aliphatic carbocycles. The third kappa shape index (κ3) is 3.08. The summed E-state index contributed by atoms with van der Waals surface area (Å²) >= 11 is 0. The molecule has 0 unspecified atom stereocenters. The van der Waals surface area contributed by atoms with Crippen LogP contribution in [0.3, 0.4) is 0 Å². The molecule has 0 saturated carbocycles. The Hall–Kier alpha value is -1.95. The smallest absolute Gasteiger partial charge is 0.170 e. The Labute approximate surface area is 112 Å². The molecule has 1 aromatic heterocycles. The molecule has 102 valence electrons. The van der Waals surface area contributed by atoms with Crippen molar-refractivity contribution in [1.82, 2.24) is 25.5 Å². The van der Waals surface area contributed by atoms with E-state index in [0.717, 1.165) is 22.8 Å². The van der Waals surface area contributed by atoms with Crippen molar-refractivity contribution >= 4 is 0 Å². The van der Waals surface area contributed by atoms with Gasteiger partial charge in [0.2, 0.25) is 0 Å². The molecule has 0 spiro atoms. The summed E-state index contributed by atoms with van der Waals surface area (Å²) in [6, 6.07) is 6.27. The van der Waals surface area contributed by atoms with E-state index < -0.39 is 0 Å².